The van der Waals surface area contributed by atoms with Crippen LogP contribution in [-0.2, 0) is 25.7 Å². The first-order valence-electron chi connectivity index (χ1n) is 10.7. The fraction of sp³-hybridized carbons (Fsp3) is 0.476. The van der Waals surface area contributed by atoms with E-state index in [1.54, 1.807) is 0 Å². The minimum atomic E-state index is -0.938. The Kier molecular flexibility index (Phi) is 9.93. The van der Waals surface area contributed by atoms with Gasteiger partial charge in [0.1, 0.15) is 18.7 Å². The van der Waals surface area contributed by atoms with Crippen LogP contribution < -0.4 is 27.8 Å². The van der Waals surface area contributed by atoms with Crippen LogP contribution in [0.15, 0.2) is 35.3 Å². The molecule has 1 aromatic carbocycles. The summed E-state index contributed by atoms with van der Waals surface area (Å²) in [5, 5.41) is 5.02. The summed E-state index contributed by atoms with van der Waals surface area (Å²) in [6.07, 6.45) is 0.949. The molecular formula is C21H31N7O5. The molecule has 2 rings (SSSR count). The zero-order valence-corrected chi connectivity index (χ0v) is 18.4. The van der Waals surface area contributed by atoms with Gasteiger partial charge < -0.3 is 37.5 Å². The van der Waals surface area contributed by atoms with Crippen molar-refractivity contribution in [2.24, 2.45) is 22.2 Å². The highest BCUT2D eigenvalue weighted by Gasteiger charge is 2.37. The third-order valence-electron chi connectivity index (χ3n) is 5.02. The summed E-state index contributed by atoms with van der Waals surface area (Å²) in [6, 6.07) is 7.43. The molecule has 1 saturated heterocycles. The van der Waals surface area contributed by atoms with Crippen LogP contribution in [0.5, 0.6) is 0 Å². The maximum Gasteiger partial charge on any atom is 0.408 e. The average molecular weight is 462 g/mol. The largest absolute Gasteiger partial charge is 0.445 e. The number of rotatable bonds is 11. The first-order chi connectivity index (χ1) is 15.8. The molecule has 1 heterocycles. The van der Waals surface area contributed by atoms with Crippen molar-refractivity contribution in [1.82, 2.24) is 15.5 Å². The van der Waals surface area contributed by atoms with Crippen LogP contribution in [0.2, 0.25) is 0 Å². The van der Waals surface area contributed by atoms with Gasteiger partial charge in [0.15, 0.2) is 5.96 Å². The van der Waals surface area contributed by atoms with Crippen LogP contribution in [0, 0.1) is 0 Å². The first kappa shape index (κ1) is 25.4. The number of alkyl carbamates (subject to hydrolysis) is 1. The average Bonchev–Trinajstić information content (AvgIpc) is 3.28. The maximum absolute atomic E-state index is 13.2. The van der Waals surface area contributed by atoms with Crippen LogP contribution in [0.25, 0.3) is 0 Å². The van der Waals surface area contributed by atoms with Crippen molar-refractivity contribution in [1.29, 1.82) is 0 Å². The van der Waals surface area contributed by atoms with E-state index >= 15 is 0 Å². The molecule has 8 N–H and O–H groups in total. The highest BCUT2D eigenvalue weighted by Crippen LogP contribution is 2.20. The Morgan fingerprint density at radius 1 is 1.15 bits per heavy atom. The topological polar surface area (TPSA) is 195 Å². The molecule has 0 spiro atoms. The van der Waals surface area contributed by atoms with Gasteiger partial charge in [-0.3, -0.25) is 19.4 Å². The second kappa shape index (κ2) is 12.9. The van der Waals surface area contributed by atoms with Crippen LogP contribution in [0.3, 0.4) is 0 Å². The summed E-state index contributed by atoms with van der Waals surface area (Å²) in [6.45, 7) is 0.348. The van der Waals surface area contributed by atoms with Crippen molar-refractivity contribution < 1.29 is 23.9 Å². The van der Waals surface area contributed by atoms with Gasteiger partial charge in [0.2, 0.25) is 17.7 Å². The normalized spacial score (nSPS) is 15.9. The summed E-state index contributed by atoms with van der Waals surface area (Å²) in [4.78, 5) is 54.3. The number of nitrogens with one attached hydrogen (secondary N) is 2. The second-order valence-electron chi connectivity index (χ2n) is 7.58. The smallest absolute Gasteiger partial charge is 0.408 e. The van der Waals surface area contributed by atoms with E-state index < -0.39 is 35.9 Å². The summed E-state index contributed by atoms with van der Waals surface area (Å²) < 4.78 is 5.24. The lowest BCUT2D eigenvalue weighted by molar-refractivity contribution is -0.140. The van der Waals surface area contributed by atoms with Crippen molar-refractivity contribution in [3.8, 4) is 0 Å². The predicted octanol–water partition coefficient (Wildman–Crippen LogP) is -1.07. The molecule has 180 valence electrons. The molecule has 4 amide bonds. The number of guanidine groups is 1. The maximum atomic E-state index is 13.2. The summed E-state index contributed by atoms with van der Waals surface area (Å²) in [5.74, 6) is -1.64. The Bertz CT molecular complexity index is 858. The number of carbonyl (C=O) groups is 4. The molecule has 2 atom stereocenters. The zero-order chi connectivity index (χ0) is 24.2. The van der Waals surface area contributed by atoms with E-state index in [9.17, 15) is 19.2 Å². The standard InChI is InChI=1S/C21H31N7O5/c22-17(29)12-26-18(30)16-9-5-11-28(16)19(31)15(8-4-10-25-20(23)24)27-21(32)33-13-14-6-2-1-3-7-14/h1-3,6-7,15-16H,4-5,8-13H2,(H2,22,29)(H,26,30)(H,27,32)(H4,23,24,25)/t15-,16-/m0/s1. The minimum absolute atomic E-state index is 0.0451. The molecule has 1 aliphatic rings. The van der Waals surface area contributed by atoms with Gasteiger partial charge in [0.05, 0.1) is 6.54 Å². The zero-order valence-electron chi connectivity index (χ0n) is 18.4. The third kappa shape index (κ3) is 8.67. The van der Waals surface area contributed by atoms with Crippen LogP contribution in [-0.4, -0.2) is 66.4 Å². The fourth-order valence-electron chi connectivity index (χ4n) is 3.46. The van der Waals surface area contributed by atoms with Crippen molar-refractivity contribution in [3.05, 3.63) is 35.9 Å². The summed E-state index contributed by atoms with van der Waals surface area (Å²) in [5.41, 5.74) is 16.5. The summed E-state index contributed by atoms with van der Waals surface area (Å²) >= 11 is 0. The van der Waals surface area contributed by atoms with Gasteiger partial charge in [-0.05, 0) is 31.2 Å². The minimum Gasteiger partial charge on any atom is -0.445 e. The number of hydrogen-bond acceptors (Lipinski definition) is 6. The number of hydrogen-bond donors (Lipinski definition) is 5. The third-order valence-corrected chi connectivity index (χ3v) is 5.02. The van der Waals surface area contributed by atoms with E-state index in [2.05, 4.69) is 15.6 Å². The van der Waals surface area contributed by atoms with Gasteiger partial charge in [-0.15, -0.1) is 0 Å². The molecule has 33 heavy (non-hydrogen) atoms. The van der Waals surface area contributed by atoms with E-state index in [1.807, 2.05) is 30.3 Å². The number of nitrogens with two attached hydrogens (primary N) is 3. The van der Waals surface area contributed by atoms with Crippen LogP contribution in [0.1, 0.15) is 31.2 Å². The van der Waals surface area contributed by atoms with E-state index in [1.165, 1.54) is 4.90 Å². The van der Waals surface area contributed by atoms with E-state index in [-0.39, 0.29) is 32.1 Å². The molecular weight excluding hydrogens is 430 g/mol. The van der Waals surface area contributed by atoms with Gasteiger partial charge in [-0.2, -0.15) is 0 Å². The highest BCUT2D eigenvalue weighted by molar-refractivity contribution is 5.93. The number of aliphatic imine (C=N–C) groups is 1. The molecule has 1 aromatic rings. The highest BCUT2D eigenvalue weighted by atomic mass is 16.5. The number of likely N-dealkylation sites (tertiary alicyclic amines) is 1. The molecule has 1 aliphatic heterocycles. The molecule has 0 unspecified atom stereocenters. The van der Waals surface area contributed by atoms with Gasteiger partial charge in [-0.25, -0.2) is 4.79 Å². The van der Waals surface area contributed by atoms with Crippen LogP contribution in [0.4, 0.5) is 4.79 Å². The number of amides is 4. The van der Waals surface area contributed by atoms with Gasteiger partial charge >= 0.3 is 6.09 Å². The van der Waals surface area contributed by atoms with Gasteiger partial charge in [0, 0.05) is 13.1 Å². The van der Waals surface area contributed by atoms with Crippen molar-refractivity contribution >= 4 is 29.8 Å². The first-order valence-corrected chi connectivity index (χ1v) is 10.7. The lowest BCUT2D eigenvalue weighted by Crippen LogP contribution is -2.54. The van der Waals surface area contributed by atoms with Crippen molar-refractivity contribution in [2.75, 3.05) is 19.6 Å². The fourth-order valence-corrected chi connectivity index (χ4v) is 3.46. The second-order valence-corrected chi connectivity index (χ2v) is 7.58. The van der Waals surface area contributed by atoms with Crippen molar-refractivity contribution in [2.45, 2.75) is 44.4 Å². The number of carbonyl (C=O) groups excluding carboxylic acids is 4. The van der Waals surface area contributed by atoms with Crippen molar-refractivity contribution in [3.63, 3.8) is 0 Å². The van der Waals surface area contributed by atoms with Crippen LogP contribution >= 0.6 is 0 Å². The van der Waals surface area contributed by atoms with Gasteiger partial charge in [0.25, 0.3) is 0 Å². The monoisotopic (exact) mass is 461 g/mol. The Morgan fingerprint density at radius 2 is 1.88 bits per heavy atom. The molecule has 0 aliphatic carbocycles. The Hall–Kier alpha value is -3.83. The Balaban J connectivity index is 2.03. The Labute approximate surface area is 191 Å². The number of nitrogens with zero attached hydrogens (tertiary/aromatic N) is 2. The number of ether oxygens (including phenoxy) is 1. The molecule has 0 bridgehead atoms. The lowest BCUT2D eigenvalue weighted by atomic mass is 10.1. The van der Waals surface area contributed by atoms with E-state index in [0.29, 0.717) is 25.8 Å². The SMILES string of the molecule is NC(=O)CNC(=O)[C@@H]1CCCN1C(=O)[C@H](CCCN=C(N)N)NC(=O)OCc1ccccc1. The van der Waals surface area contributed by atoms with Gasteiger partial charge in [-0.1, -0.05) is 30.3 Å². The molecule has 0 radical (unpaired) electrons. The quantitative estimate of drug-likeness (QED) is 0.157. The molecule has 12 nitrogen and oxygen atoms in total. The number of benzene rings is 1. The van der Waals surface area contributed by atoms with E-state index in [0.717, 1.165) is 5.56 Å². The molecule has 0 saturated carbocycles. The number of primary amides is 1. The Morgan fingerprint density at radius 3 is 2.55 bits per heavy atom. The predicted molar refractivity (Wildman–Crippen MR) is 120 cm³/mol. The summed E-state index contributed by atoms with van der Waals surface area (Å²) in [7, 11) is 0. The molecule has 1 fully saturated rings. The lowest BCUT2D eigenvalue weighted by Gasteiger charge is -2.28. The molecule has 12 heteroatoms. The van der Waals surface area contributed by atoms with E-state index in [4.69, 9.17) is 21.9 Å². The molecule has 0 aromatic heterocycles.